The van der Waals surface area contributed by atoms with Crippen LogP contribution in [0.2, 0.25) is 0 Å². The molecule has 1 amide bonds. The summed E-state index contributed by atoms with van der Waals surface area (Å²) in [5.41, 5.74) is 0. The number of rotatable bonds is 5. The smallest absolute Gasteiger partial charge is 0.220 e. The molecule has 0 radical (unpaired) electrons. The molecule has 1 aromatic rings. The molecule has 2 nitrogen and oxygen atoms in total. The molecule has 3 heteroatoms. The average molecular weight is 221 g/mol. The van der Waals surface area contributed by atoms with Crippen LogP contribution in [0.3, 0.4) is 0 Å². The van der Waals surface area contributed by atoms with Gasteiger partial charge in [-0.1, -0.05) is 12.0 Å². The van der Waals surface area contributed by atoms with Crippen LogP contribution in [0.1, 0.15) is 24.6 Å². The zero-order chi connectivity index (χ0) is 11.1. The fourth-order valence-corrected chi connectivity index (χ4v) is 1.98. The fraction of sp³-hybridized carbons (Fsp3) is 0.417. The van der Waals surface area contributed by atoms with E-state index >= 15 is 0 Å². The van der Waals surface area contributed by atoms with E-state index in [2.05, 4.69) is 22.7 Å². The Morgan fingerprint density at radius 3 is 3.13 bits per heavy atom. The Balaban J connectivity index is 2.15. The van der Waals surface area contributed by atoms with Gasteiger partial charge in [-0.2, -0.15) is 0 Å². The highest BCUT2D eigenvalue weighted by atomic mass is 32.1. The summed E-state index contributed by atoms with van der Waals surface area (Å²) in [5, 5.41) is 4.79. The Morgan fingerprint density at radius 2 is 2.53 bits per heavy atom. The molecule has 1 unspecified atom stereocenters. The quantitative estimate of drug-likeness (QED) is 0.759. The molecule has 0 aliphatic heterocycles. The van der Waals surface area contributed by atoms with Gasteiger partial charge in [-0.15, -0.1) is 17.8 Å². The molecule has 1 aromatic heterocycles. The summed E-state index contributed by atoms with van der Waals surface area (Å²) in [6.07, 6.45) is 7.56. The molecule has 1 atom stereocenters. The zero-order valence-corrected chi connectivity index (χ0v) is 9.64. The summed E-state index contributed by atoms with van der Waals surface area (Å²) in [7, 11) is 0. The Kier molecular flexibility index (Phi) is 4.92. The fourth-order valence-electron chi connectivity index (χ4n) is 1.23. The lowest BCUT2D eigenvalue weighted by molar-refractivity contribution is -0.121. The van der Waals surface area contributed by atoms with Gasteiger partial charge in [-0.05, 0) is 31.2 Å². The van der Waals surface area contributed by atoms with Crippen molar-refractivity contribution in [1.29, 1.82) is 0 Å². The van der Waals surface area contributed by atoms with E-state index in [0.717, 1.165) is 12.8 Å². The first-order valence-corrected chi connectivity index (χ1v) is 5.88. The van der Waals surface area contributed by atoms with Crippen molar-refractivity contribution in [3.8, 4) is 12.3 Å². The van der Waals surface area contributed by atoms with Crippen LogP contribution in [0.4, 0.5) is 0 Å². The summed E-state index contributed by atoms with van der Waals surface area (Å²) in [4.78, 5) is 12.7. The van der Waals surface area contributed by atoms with Crippen molar-refractivity contribution in [1.82, 2.24) is 5.32 Å². The van der Waals surface area contributed by atoms with E-state index in [9.17, 15) is 4.79 Å². The van der Waals surface area contributed by atoms with E-state index in [1.165, 1.54) is 4.88 Å². The van der Waals surface area contributed by atoms with Crippen molar-refractivity contribution in [2.24, 2.45) is 0 Å². The first-order valence-electron chi connectivity index (χ1n) is 5.00. The van der Waals surface area contributed by atoms with Crippen molar-refractivity contribution < 1.29 is 4.79 Å². The molecular weight excluding hydrogens is 206 g/mol. The number of hydrogen-bond donors (Lipinski definition) is 1. The predicted molar refractivity (Wildman–Crippen MR) is 63.7 cm³/mol. The number of carbonyl (C=O) groups is 1. The van der Waals surface area contributed by atoms with Gasteiger partial charge in [0.2, 0.25) is 5.91 Å². The number of thiophene rings is 1. The summed E-state index contributed by atoms with van der Waals surface area (Å²) in [5.74, 6) is 2.51. The summed E-state index contributed by atoms with van der Waals surface area (Å²) in [6.45, 7) is 1.80. The molecule has 0 aromatic carbocycles. The summed E-state index contributed by atoms with van der Waals surface area (Å²) < 4.78 is 0. The zero-order valence-electron chi connectivity index (χ0n) is 8.82. The van der Waals surface area contributed by atoms with Gasteiger partial charge in [0.1, 0.15) is 0 Å². The number of carbonyl (C=O) groups excluding carboxylic acids is 1. The van der Waals surface area contributed by atoms with Crippen molar-refractivity contribution in [2.45, 2.75) is 32.2 Å². The highest BCUT2D eigenvalue weighted by molar-refractivity contribution is 7.09. The van der Waals surface area contributed by atoms with Gasteiger partial charge < -0.3 is 5.32 Å². The van der Waals surface area contributed by atoms with E-state index in [1.54, 1.807) is 18.3 Å². The Hall–Kier alpha value is -1.27. The van der Waals surface area contributed by atoms with Crippen LogP contribution in [0.5, 0.6) is 0 Å². The van der Waals surface area contributed by atoms with E-state index in [4.69, 9.17) is 6.42 Å². The van der Waals surface area contributed by atoms with Gasteiger partial charge in [0.25, 0.3) is 0 Å². The van der Waals surface area contributed by atoms with Crippen LogP contribution in [0.25, 0.3) is 0 Å². The number of nitrogens with one attached hydrogen (secondary N) is 1. The van der Waals surface area contributed by atoms with E-state index in [0.29, 0.717) is 6.42 Å². The van der Waals surface area contributed by atoms with Crippen molar-refractivity contribution in [2.75, 3.05) is 0 Å². The van der Waals surface area contributed by atoms with Gasteiger partial charge in [0.15, 0.2) is 0 Å². The molecule has 15 heavy (non-hydrogen) atoms. The topological polar surface area (TPSA) is 29.1 Å². The monoisotopic (exact) mass is 221 g/mol. The van der Waals surface area contributed by atoms with Crippen molar-refractivity contribution in [3.05, 3.63) is 22.4 Å². The van der Waals surface area contributed by atoms with E-state index in [1.807, 2.05) is 6.07 Å². The number of hydrogen-bond acceptors (Lipinski definition) is 2. The maximum atomic E-state index is 11.3. The summed E-state index contributed by atoms with van der Waals surface area (Å²) in [6, 6.07) is 3.95. The number of aryl methyl sites for hydroxylation is 1. The minimum absolute atomic E-state index is 0.0389. The highest BCUT2D eigenvalue weighted by Gasteiger charge is 2.04. The molecule has 0 spiro atoms. The maximum Gasteiger partial charge on any atom is 0.220 e. The van der Waals surface area contributed by atoms with Gasteiger partial charge in [-0.3, -0.25) is 4.79 Å². The van der Waals surface area contributed by atoms with Gasteiger partial charge >= 0.3 is 0 Å². The third-order valence-corrected chi connectivity index (χ3v) is 2.97. The number of amides is 1. The molecule has 1 heterocycles. The Labute approximate surface area is 94.7 Å². The third-order valence-electron chi connectivity index (χ3n) is 2.03. The molecule has 1 rings (SSSR count). The maximum absolute atomic E-state index is 11.3. The standard InChI is InChI=1S/C12H15NOS/c1-3-10(2)13-12(14)8-4-6-11-7-5-9-15-11/h1,5,7,9-10H,4,6,8H2,2H3,(H,13,14). The van der Waals surface area contributed by atoms with Crippen LogP contribution >= 0.6 is 11.3 Å². The minimum Gasteiger partial charge on any atom is -0.343 e. The molecule has 0 aliphatic carbocycles. The predicted octanol–water partition coefficient (Wildman–Crippen LogP) is 2.21. The first-order chi connectivity index (χ1) is 7.22. The molecular formula is C12H15NOS. The second-order valence-electron chi connectivity index (χ2n) is 3.39. The first kappa shape index (κ1) is 11.8. The average Bonchev–Trinajstić information content (AvgIpc) is 2.70. The van der Waals surface area contributed by atoms with Crippen molar-refractivity contribution >= 4 is 17.2 Å². The Morgan fingerprint density at radius 1 is 1.73 bits per heavy atom. The second kappa shape index (κ2) is 6.26. The molecule has 0 saturated carbocycles. The van der Waals surface area contributed by atoms with Crippen molar-refractivity contribution in [3.63, 3.8) is 0 Å². The van der Waals surface area contributed by atoms with Crippen LogP contribution in [0, 0.1) is 12.3 Å². The van der Waals surface area contributed by atoms with Gasteiger partial charge in [0, 0.05) is 11.3 Å². The molecule has 0 aliphatic rings. The van der Waals surface area contributed by atoms with Crippen LogP contribution in [0.15, 0.2) is 17.5 Å². The lowest BCUT2D eigenvalue weighted by Gasteiger charge is -2.06. The van der Waals surface area contributed by atoms with Crippen LogP contribution < -0.4 is 5.32 Å². The summed E-state index contributed by atoms with van der Waals surface area (Å²) >= 11 is 1.73. The lowest BCUT2D eigenvalue weighted by Crippen LogP contribution is -2.31. The number of terminal acetylenes is 1. The van der Waals surface area contributed by atoms with Gasteiger partial charge in [-0.25, -0.2) is 0 Å². The molecule has 0 fully saturated rings. The van der Waals surface area contributed by atoms with E-state index in [-0.39, 0.29) is 11.9 Å². The van der Waals surface area contributed by atoms with Crippen LogP contribution in [-0.2, 0) is 11.2 Å². The third kappa shape index (κ3) is 4.66. The SMILES string of the molecule is C#CC(C)NC(=O)CCCc1cccs1. The largest absolute Gasteiger partial charge is 0.343 e. The van der Waals surface area contributed by atoms with Gasteiger partial charge in [0.05, 0.1) is 6.04 Å². The highest BCUT2D eigenvalue weighted by Crippen LogP contribution is 2.11. The minimum atomic E-state index is -0.167. The molecule has 80 valence electrons. The van der Waals surface area contributed by atoms with Crippen LogP contribution in [-0.4, -0.2) is 11.9 Å². The Bertz CT molecular complexity index is 337. The second-order valence-corrected chi connectivity index (χ2v) is 4.42. The lowest BCUT2D eigenvalue weighted by atomic mass is 10.2. The molecule has 1 N–H and O–H groups in total. The molecule has 0 saturated heterocycles. The normalized spacial score (nSPS) is 11.7. The van der Waals surface area contributed by atoms with E-state index < -0.39 is 0 Å². The molecule has 0 bridgehead atoms.